The zero-order valence-corrected chi connectivity index (χ0v) is 10.9. The lowest BCUT2D eigenvalue weighted by Gasteiger charge is -2.08. The molecule has 0 saturated heterocycles. The number of hydrogen-bond donors (Lipinski definition) is 2. The van der Waals surface area contributed by atoms with Crippen molar-refractivity contribution >= 4 is 17.1 Å². The molecular weight excluding hydrogens is 254 g/mol. The van der Waals surface area contributed by atoms with E-state index in [1.54, 1.807) is 0 Å². The molecule has 5 heteroatoms. The minimum absolute atomic E-state index is 0.0588. The molecule has 0 fully saturated rings. The fourth-order valence-corrected chi connectivity index (χ4v) is 1.63. The van der Waals surface area contributed by atoms with Crippen LogP contribution < -0.4 is 10.6 Å². The van der Waals surface area contributed by atoms with Crippen molar-refractivity contribution in [3.63, 3.8) is 0 Å². The Bertz CT molecular complexity index is 594. The van der Waals surface area contributed by atoms with Gasteiger partial charge in [-0.2, -0.15) is 0 Å². The number of nitrogens with one attached hydrogen (secondary N) is 2. The first-order valence-electron chi connectivity index (χ1n) is 6.13. The minimum Gasteiger partial charge on any atom is -0.375 e. The molecule has 0 aliphatic rings. The van der Waals surface area contributed by atoms with Crippen LogP contribution in [-0.2, 0) is 0 Å². The van der Waals surface area contributed by atoms with Gasteiger partial charge in [0.15, 0.2) is 0 Å². The van der Waals surface area contributed by atoms with E-state index >= 15 is 0 Å². The molecule has 0 saturated carbocycles. The molecule has 0 atom stereocenters. The smallest absolute Gasteiger partial charge is 0.258 e. The van der Waals surface area contributed by atoms with Crippen LogP contribution in [-0.4, -0.2) is 11.5 Å². The van der Waals surface area contributed by atoms with Crippen molar-refractivity contribution in [1.82, 2.24) is 0 Å². The lowest BCUT2D eigenvalue weighted by Crippen LogP contribution is -2.10. The summed E-state index contributed by atoms with van der Waals surface area (Å²) in [7, 11) is 0. The topological polar surface area (TPSA) is 67.2 Å². The van der Waals surface area contributed by atoms with Crippen molar-refractivity contribution < 1.29 is 4.92 Å². The van der Waals surface area contributed by atoms with E-state index in [0.717, 1.165) is 17.1 Å². The molecule has 2 N–H and O–H groups in total. The summed E-state index contributed by atoms with van der Waals surface area (Å²) < 4.78 is 0. The SMILES string of the molecule is C=C(CNc1ccc(Nc2ccccc2)cc1)[N+](=O)[O-]. The van der Waals surface area contributed by atoms with Crippen LogP contribution in [0.4, 0.5) is 17.1 Å². The number of nitrogens with zero attached hydrogens (tertiary/aromatic N) is 1. The molecule has 20 heavy (non-hydrogen) atoms. The Kier molecular flexibility index (Phi) is 4.34. The molecule has 0 aliphatic heterocycles. The van der Waals surface area contributed by atoms with Crippen LogP contribution in [0, 0.1) is 10.1 Å². The van der Waals surface area contributed by atoms with Gasteiger partial charge in [-0.15, -0.1) is 0 Å². The van der Waals surface area contributed by atoms with Crippen LogP contribution >= 0.6 is 0 Å². The van der Waals surface area contributed by atoms with Crippen molar-refractivity contribution in [3.05, 3.63) is 77.0 Å². The Hall–Kier alpha value is -2.82. The van der Waals surface area contributed by atoms with Gasteiger partial charge in [0.05, 0.1) is 4.92 Å². The van der Waals surface area contributed by atoms with E-state index in [9.17, 15) is 10.1 Å². The highest BCUT2D eigenvalue weighted by molar-refractivity contribution is 5.62. The van der Waals surface area contributed by atoms with E-state index in [-0.39, 0.29) is 12.2 Å². The van der Waals surface area contributed by atoms with Crippen LogP contribution in [0.3, 0.4) is 0 Å². The van der Waals surface area contributed by atoms with Crippen molar-refractivity contribution in [1.29, 1.82) is 0 Å². The summed E-state index contributed by atoms with van der Waals surface area (Å²) in [5, 5.41) is 16.6. The lowest BCUT2D eigenvalue weighted by molar-refractivity contribution is -0.424. The first-order valence-corrected chi connectivity index (χ1v) is 6.13. The Morgan fingerprint density at radius 3 is 2.15 bits per heavy atom. The highest BCUT2D eigenvalue weighted by Crippen LogP contribution is 2.18. The number of nitro groups is 1. The fraction of sp³-hybridized carbons (Fsp3) is 0.0667. The van der Waals surface area contributed by atoms with Gasteiger partial charge in [0.1, 0.15) is 6.54 Å². The molecule has 0 aliphatic carbocycles. The molecule has 0 aromatic heterocycles. The molecule has 0 radical (unpaired) electrons. The summed E-state index contributed by atoms with van der Waals surface area (Å²) in [6, 6.07) is 17.4. The number of hydrogen-bond acceptors (Lipinski definition) is 4. The van der Waals surface area contributed by atoms with Crippen molar-refractivity contribution in [2.45, 2.75) is 0 Å². The van der Waals surface area contributed by atoms with Gasteiger partial charge in [0.25, 0.3) is 5.70 Å². The van der Waals surface area contributed by atoms with Crippen LogP contribution in [0.1, 0.15) is 0 Å². The molecule has 0 heterocycles. The molecule has 5 nitrogen and oxygen atoms in total. The summed E-state index contributed by atoms with van der Waals surface area (Å²) in [5.74, 6) is 0. The van der Waals surface area contributed by atoms with Gasteiger partial charge in [0, 0.05) is 17.1 Å². The third-order valence-corrected chi connectivity index (χ3v) is 2.70. The highest BCUT2D eigenvalue weighted by atomic mass is 16.6. The molecule has 2 rings (SSSR count). The third-order valence-electron chi connectivity index (χ3n) is 2.70. The zero-order valence-electron chi connectivity index (χ0n) is 10.9. The van der Waals surface area contributed by atoms with E-state index in [4.69, 9.17) is 0 Å². The van der Waals surface area contributed by atoms with E-state index < -0.39 is 4.92 Å². The maximum Gasteiger partial charge on any atom is 0.258 e. The van der Waals surface area contributed by atoms with Gasteiger partial charge < -0.3 is 10.6 Å². The Morgan fingerprint density at radius 1 is 1.00 bits per heavy atom. The normalized spacial score (nSPS) is 9.80. The third kappa shape index (κ3) is 3.84. The van der Waals surface area contributed by atoms with E-state index in [1.165, 1.54) is 0 Å². The fourth-order valence-electron chi connectivity index (χ4n) is 1.63. The first-order chi connectivity index (χ1) is 9.65. The minimum atomic E-state index is -0.488. The van der Waals surface area contributed by atoms with E-state index in [0.29, 0.717) is 0 Å². The second-order valence-corrected chi connectivity index (χ2v) is 4.25. The van der Waals surface area contributed by atoms with E-state index in [2.05, 4.69) is 17.2 Å². The maximum absolute atomic E-state index is 10.4. The molecule has 0 spiro atoms. The van der Waals surface area contributed by atoms with Gasteiger partial charge in [-0.3, -0.25) is 10.1 Å². The van der Waals surface area contributed by atoms with Crippen LogP contribution in [0.2, 0.25) is 0 Å². The Balaban J connectivity index is 1.93. The summed E-state index contributed by atoms with van der Waals surface area (Å²) in [6.07, 6.45) is 0. The highest BCUT2D eigenvalue weighted by Gasteiger charge is 2.05. The van der Waals surface area contributed by atoms with Crippen molar-refractivity contribution in [2.24, 2.45) is 0 Å². The second kappa shape index (κ2) is 6.38. The zero-order chi connectivity index (χ0) is 14.4. The van der Waals surface area contributed by atoms with Crippen LogP contribution in [0.25, 0.3) is 0 Å². The first kappa shape index (κ1) is 13.6. The summed E-state index contributed by atoms with van der Waals surface area (Å²) in [5.41, 5.74) is 2.72. The molecule has 102 valence electrons. The molecule has 0 amide bonds. The summed E-state index contributed by atoms with van der Waals surface area (Å²) in [6.45, 7) is 3.49. The quantitative estimate of drug-likeness (QED) is 0.620. The van der Waals surface area contributed by atoms with Crippen molar-refractivity contribution in [2.75, 3.05) is 17.2 Å². The van der Waals surface area contributed by atoms with Gasteiger partial charge in [-0.1, -0.05) is 18.2 Å². The Morgan fingerprint density at radius 2 is 1.55 bits per heavy atom. The Labute approximate surface area is 117 Å². The molecule has 0 unspecified atom stereocenters. The molecule has 2 aromatic carbocycles. The lowest BCUT2D eigenvalue weighted by atomic mass is 10.2. The van der Waals surface area contributed by atoms with Crippen LogP contribution in [0.5, 0.6) is 0 Å². The summed E-state index contributed by atoms with van der Waals surface area (Å²) >= 11 is 0. The van der Waals surface area contributed by atoms with Crippen molar-refractivity contribution in [3.8, 4) is 0 Å². The standard InChI is InChI=1S/C15H15N3O2/c1-12(18(19)20)11-16-13-7-9-15(10-8-13)17-14-5-3-2-4-6-14/h2-10,16-17H,1,11H2. The summed E-state index contributed by atoms with van der Waals surface area (Å²) in [4.78, 5) is 9.95. The van der Waals surface area contributed by atoms with Gasteiger partial charge in [0.2, 0.25) is 0 Å². The average molecular weight is 269 g/mol. The number of anilines is 3. The number of rotatable bonds is 6. The van der Waals surface area contributed by atoms with Gasteiger partial charge in [-0.05, 0) is 43.0 Å². The van der Waals surface area contributed by atoms with E-state index in [1.807, 2.05) is 54.6 Å². The predicted octanol–water partition coefficient (Wildman–Crippen LogP) is 3.63. The second-order valence-electron chi connectivity index (χ2n) is 4.25. The molecule has 2 aromatic rings. The largest absolute Gasteiger partial charge is 0.375 e. The number of benzene rings is 2. The predicted molar refractivity (Wildman–Crippen MR) is 80.8 cm³/mol. The molecule has 0 bridgehead atoms. The van der Waals surface area contributed by atoms with Crippen LogP contribution in [0.15, 0.2) is 66.9 Å². The molecular formula is C15H15N3O2. The van der Waals surface area contributed by atoms with Gasteiger partial charge in [-0.25, -0.2) is 0 Å². The maximum atomic E-state index is 10.4. The average Bonchev–Trinajstić information content (AvgIpc) is 2.47. The monoisotopic (exact) mass is 269 g/mol. The van der Waals surface area contributed by atoms with Gasteiger partial charge >= 0.3 is 0 Å². The number of para-hydroxylation sites is 1.